The van der Waals surface area contributed by atoms with Crippen LogP contribution in [0.5, 0.6) is 0 Å². The Morgan fingerprint density at radius 1 is 1.35 bits per heavy atom. The molecule has 1 amide bonds. The Kier molecular flexibility index (Phi) is 4.25. The molecule has 1 aliphatic heterocycles. The highest BCUT2D eigenvalue weighted by molar-refractivity contribution is 6.31. The maximum Gasteiger partial charge on any atom is 0.416 e. The van der Waals surface area contributed by atoms with Crippen LogP contribution >= 0.6 is 11.6 Å². The number of carbonyl (C=O) groups is 1. The van der Waals surface area contributed by atoms with Gasteiger partial charge in [-0.2, -0.15) is 13.2 Å². The van der Waals surface area contributed by atoms with Crippen molar-refractivity contribution in [2.75, 3.05) is 18.5 Å². The fourth-order valence-corrected chi connectivity index (χ4v) is 2.52. The van der Waals surface area contributed by atoms with Crippen molar-refractivity contribution in [3.8, 4) is 0 Å². The molecular weight excluding hydrogens is 293 g/mol. The first-order valence-corrected chi connectivity index (χ1v) is 6.57. The van der Waals surface area contributed by atoms with Crippen molar-refractivity contribution in [2.45, 2.75) is 25.1 Å². The van der Waals surface area contributed by atoms with Gasteiger partial charge in [-0.3, -0.25) is 4.79 Å². The summed E-state index contributed by atoms with van der Waals surface area (Å²) >= 11 is 5.74. The number of amides is 1. The van der Waals surface area contributed by atoms with Gasteiger partial charge in [0.25, 0.3) is 0 Å². The SMILES string of the molecule is CNC1CCCN(c2cc(Cl)cc(C(F)(F)F)c2)C1=O. The monoisotopic (exact) mass is 306 g/mol. The molecular formula is C13H14ClF3N2O. The first-order valence-electron chi connectivity index (χ1n) is 6.19. The fourth-order valence-electron chi connectivity index (χ4n) is 2.29. The molecule has 1 fully saturated rings. The first kappa shape index (κ1) is 15.1. The van der Waals surface area contributed by atoms with Crippen LogP contribution in [0.25, 0.3) is 0 Å². The lowest BCUT2D eigenvalue weighted by atomic mass is 10.0. The third-order valence-electron chi connectivity index (χ3n) is 3.31. The Morgan fingerprint density at radius 2 is 2.05 bits per heavy atom. The van der Waals surface area contributed by atoms with Crippen molar-refractivity contribution in [1.29, 1.82) is 0 Å². The van der Waals surface area contributed by atoms with E-state index < -0.39 is 11.7 Å². The fraction of sp³-hybridized carbons (Fsp3) is 0.462. The van der Waals surface area contributed by atoms with Crippen LogP contribution in [0.1, 0.15) is 18.4 Å². The predicted octanol–water partition coefficient (Wildman–Crippen LogP) is 3.07. The average molecular weight is 307 g/mol. The van der Waals surface area contributed by atoms with Gasteiger partial charge in [-0.05, 0) is 38.1 Å². The van der Waals surface area contributed by atoms with Gasteiger partial charge in [0, 0.05) is 17.3 Å². The number of nitrogens with one attached hydrogen (secondary N) is 1. The summed E-state index contributed by atoms with van der Waals surface area (Å²) in [4.78, 5) is 13.5. The molecule has 1 unspecified atom stereocenters. The quantitative estimate of drug-likeness (QED) is 0.911. The highest BCUT2D eigenvalue weighted by atomic mass is 35.5. The minimum atomic E-state index is -4.49. The maximum atomic E-state index is 12.8. The number of benzene rings is 1. The van der Waals surface area contributed by atoms with Crippen LogP contribution in [-0.4, -0.2) is 25.5 Å². The van der Waals surface area contributed by atoms with Gasteiger partial charge >= 0.3 is 6.18 Å². The van der Waals surface area contributed by atoms with Gasteiger partial charge in [0.2, 0.25) is 5.91 Å². The Hall–Kier alpha value is -1.27. The second kappa shape index (κ2) is 5.61. The molecule has 1 atom stereocenters. The Labute approximate surface area is 119 Å². The second-order valence-corrected chi connectivity index (χ2v) is 5.11. The highest BCUT2D eigenvalue weighted by Gasteiger charge is 2.33. The molecule has 0 saturated carbocycles. The number of halogens is 4. The molecule has 7 heteroatoms. The van der Waals surface area contributed by atoms with Gasteiger partial charge < -0.3 is 10.2 Å². The van der Waals surface area contributed by atoms with Crippen molar-refractivity contribution in [3.63, 3.8) is 0 Å². The van der Waals surface area contributed by atoms with Crippen molar-refractivity contribution in [3.05, 3.63) is 28.8 Å². The molecule has 3 nitrogen and oxygen atoms in total. The highest BCUT2D eigenvalue weighted by Crippen LogP contribution is 2.35. The van der Waals surface area contributed by atoms with E-state index in [4.69, 9.17) is 11.6 Å². The van der Waals surface area contributed by atoms with E-state index in [9.17, 15) is 18.0 Å². The third-order valence-corrected chi connectivity index (χ3v) is 3.53. The third kappa shape index (κ3) is 3.07. The zero-order valence-electron chi connectivity index (χ0n) is 10.8. The normalized spacial score (nSPS) is 20.4. The second-order valence-electron chi connectivity index (χ2n) is 4.67. The Morgan fingerprint density at radius 3 is 2.65 bits per heavy atom. The molecule has 0 bridgehead atoms. The number of hydrogen-bond donors (Lipinski definition) is 1. The van der Waals surface area contributed by atoms with Gasteiger partial charge in [0.15, 0.2) is 0 Å². The molecule has 1 aliphatic rings. The molecule has 1 heterocycles. The number of anilines is 1. The summed E-state index contributed by atoms with van der Waals surface area (Å²) in [6, 6.07) is 2.83. The minimum Gasteiger partial charge on any atom is -0.311 e. The number of carbonyl (C=O) groups excluding carboxylic acids is 1. The molecule has 0 radical (unpaired) electrons. The number of rotatable bonds is 2. The van der Waals surface area contributed by atoms with E-state index in [1.165, 1.54) is 11.0 Å². The van der Waals surface area contributed by atoms with Crippen LogP contribution in [0.2, 0.25) is 5.02 Å². The van der Waals surface area contributed by atoms with Crippen molar-refractivity contribution in [2.24, 2.45) is 0 Å². The van der Waals surface area contributed by atoms with Gasteiger partial charge in [-0.15, -0.1) is 0 Å². The molecule has 0 spiro atoms. The minimum absolute atomic E-state index is 0.0331. The summed E-state index contributed by atoms with van der Waals surface area (Å²) in [6.45, 7) is 0.397. The van der Waals surface area contributed by atoms with Crippen molar-refractivity contribution >= 4 is 23.2 Å². The van der Waals surface area contributed by atoms with Crippen LogP contribution in [0, 0.1) is 0 Å². The van der Waals surface area contributed by atoms with E-state index >= 15 is 0 Å². The molecule has 1 aromatic carbocycles. The summed E-state index contributed by atoms with van der Waals surface area (Å²) in [5.74, 6) is -0.228. The number of nitrogens with zero attached hydrogens (tertiary/aromatic N) is 1. The Balaban J connectivity index is 2.37. The van der Waals surface area contributed by atoms with Gasteiger partial charge in [-0.25, -0.2) is 0 Å². The number of piperidine rings is 1. The standard InChI is InChI=1S/C13H14ClF3N2O/c1-18-11-3-2-4-19(12(11)20)10-6-8(13(15,16)17)5-9(14)7-10/h5-7,11,18H,2-4H2,1H3. The molecule has 1 N–H and O–H groups in total. The molecule has 0 aromatic heterocycles. The summed E-state index contributed by atoms with van der Waals surface area (Å²) in [5.41, 5.74) is -0.658. The zero-order chi connectivity index (χ0) is 14.9. The molecule has 0 aliphatic carbocycles. The van der Waals surface area contributed by atoms with Crippen LogP contribution in [0.15, 0.2) is 18.2 Å². The smallest absolute Gasteiger partial charge is 0.311 e. The summed E-state index contributed by atoms with van der Waals surface area (Å²) in [5, 5.41) is 2.83. The van der Waals surface area contributed by atoms with Crippen LogP contribution < -0.4 is 10.2 Å². The summed E-state index contributed by atoms with van der Waals surface area (Å²) in [7, 11) is 1.66. The van der Waals surface area contributed by atoms with E-state index in [-0.39, 0.29) is 22.7 Å². The lowest BCUT2D eigenvalue weighted by Crippen LogP contribution is -2.49. The van der Waals surface area contributed by atoms with E-state index in [0.717, 1.165) is 18.6 Å². The molecule has 1 saturated heterocycles. The van der Waals surface area contributed by atoms with E-state index in [0.29, 0.717) is 13.0 Å². The molecule has 110 valence electrons. The summed E-state index contributed by atoms with van der Waals surface area (Å²) in [6.07, 6.45) is -3.08. The molecule has 2 rings (SSSR count). The lowest BCUT2D eigenvalue weighted by molar-refractivity contribution is -0.137. The number of likely N-dealkylation sites (N-methyl/N-ethyl adjacent to an activating group) is 1. The van der Waals surface area contributed by atoms with Crippen LogP contribution in [-0.2, 0) is 11.0 Å². The average Bonchev–Trinajstić information content (AvgIpc) is 2.37. The van der Waals surface area contributed by atoms with Crippen molar-refractivity contribution in [1.82, 2.24) is 5.32 Å². The first-order chi connectivity index (χ1) is 9.32. The maximum absolute atomic E-state index is 12.8. The van der Waals surface area contributed by atoms with Gasteiger partial charge in [0.1, 0.15) is 0 Å². The molecule has 1 aromatic rings. The van der Waals surface area contributed by atoms with E-state index in [2.05, 4.69) is 5.32 Å². The van der Waals surface area contributed by atoms with E-state index in [1.807, 2.05) is 0 Å². The Bertz CT molecular complexity index is 519. The van der Waals surface area contributed by atoms with Gasteiger partial charge in [-0.1, -0.05) is 11.6 Å². The van der Waals surface area contributed by atoms with Crippen molar-refractivity contribution < 1.29 is 18.0 Å². The van der Waals surface area contributed by atoms with Gasteiger partial charge in [0.05, 0.1) is 11.6 Å². The largest absolute Gasteiger partial charge is 0.416 e. The lowest BCUT2D eigenvalue weighted by Gasteiger charge is -2.32. The van der Waals surface area contributed by atoms with Crippen LogP contribution in [0.3, 0.4) is 0 Å². The summed E-state index contributed by atoms with van der Waals surface area (Å²) < 4.78 is 38.3. The predicted molar refractivity (Wildman–Crippen MR) is 70.9 cm³/mol. The van der Waals surface area contributed by atoms with E-state index in [1.54, 1.807) is 7.05 Å². The molecule has 20 heavy (non-hydrogen) atoms. The topological polar surface area (TPSA) is 32.3 Å². The number of hydrogen-bond acceptors (Lipinski definition) is 2. The van der Waals surface area contributed by atoms with Crippen LogP contribution in [0.4, 0.5) is 18.9 Å². The zero-order valence-corrected chi connectivity index (χ0v) is 11.6. The number of alkyl halides is 3.